The largest absolute Gasteiger partial charge is 0.490 e. The highest BCUT2D eigenvalue weighted by Gasteiger charge is 2.36. The molecule has 0 amide bonds. The van der Waals surface area contributed by atoms with E-state index in [9.17, 15) is 4.79 Å². The quantitative estimate of drug-likeness (QED) is 0.389. The van der Waals surface area contributed by atoms with Crippen molar-refractivity contribution >= 4 is 11.9 Å². The molecule has 2 heterocycles. The Hall–Kier alpha value is -3.81. The van der Waals surface area contributed by atoms with Crippen molar-refractivity contribution in [2.24, 2.45) is 0 Å². The van der Waals surface area contributed by atoms with E-state index in [0.29, 0.717) is 41.9 Å². The summed E-state index contributed by atoms with van der Waals surface area (Å²) in [6.07, 6.45) is 7.44. The molecule has 2 aromatic carbocycles. The number of nitrogens with zero attached hydrogens (tertiary/aromatic N) is 3. The molecular weight excluding hydrogens is 468 g/mol. The summed E-state index contributed by atoms with van der Waals surface area (Å²) in [5.74, 6) is 1.56. The molecule has 1 atom stereocenters. The topological polar surface area (TPSA) is 87.5 Å². The average molecular weight is 503 g/mol. The number of rotatable bonds is 9. The van der Waals surface area contributed by atoms with Gasteiger partial charge in [0.15, 0.2) is 11.5 Å². The molecule has 0 bridgehead atoms. The Labute approximate surface area is 217 Å². The van der Waals surface area contributed by atoms with Crippen molar-refractivity contribution in [1.29, 1.82) is 0 Å². The molecule has 1 aromatic heterocycles. The summed E-state index contributed by atoms with van der Waals surface area (Å²) < 4.78 is 19.8. The van der Waals surface area contributed by atoms with Crippen molar-refractivity contribution in [2.45, 2.75) is 64.5 Å². The zero-order valence-corrected chi connectivity index (χ0v) is 21.5. The number of hydrogen-bond donors (Lipinski definition) is 1. The summed E-state index contributed by atoms with van der Waals surface area (Å²) in [5, 5.41) is 7.65. The van der Waals surface area contributed by atoms with Gasteiger partial charge in [-0.15, -0.1) is 0 Å². The highest BCUT2D eigenvalue weighted by atomic mass is 16.5. The second kappa shape index (κ2) is 11.5. The first kappa shape index (κ1) is 24.9. The standard InChI is InChI=1S/C29H34N4O4/c1-3-35-25-18-22(14-15-24(25)36-17-16-21-10-6-4-7-11-21)27-26(20(2)32-29-30-19-31-33(27)29)28(34)37-23-12-8-5-9-13-23/h4,6-7,10-11,14-15,18-19,23,27H,3,5,8-9,12-13,16-17H2,1-2H3,(H,30,31,32). The minimum Gasteiger partial charge on any atom is -0.490 e. The van der Waals surface area contributed by atoms with Crippen molar-refractivity contribution in [2.75, 3.05) is 18.5 Å². The highest BCUT2D eigenvalue weighted by molar-refractivity contribution is 5.92. The van der Waals surface area contributed by atoms with E-state index in [4.69, 9.17) is 14.2 Å². The molecule has 1 saturated carbocycles. The van der Waals surface area contributed by atoms with Gasteiger partial charge in [0.2, 0.25) is 5.95 Å². The Kier molecular flexibility index (Phi) is 7.73. The molecule has 1 fully saturated rings. The lowest BCUT2D eigenvalue weighted by Gasteiger charge is -2.30. The Balaban J connectivity index is 1.42. The second-order valence-electron chi connectivity index (χ2n) is 9.48. The Morgan fingerprint density at radius 2 is 1.86 bits per heavy atom. The van der Waals surface area contributed by atoms with Crippen molar-refractivity contribution < 1.29 is 19.0 Å². The van der Waals surface area contributed by atoms with E-state index in [2.05, 4.69) is 27.5 Å². The number of allylic oxidation sites excluding steroid dienone is 1. The number of fused-ring (bicyclic) bond motifs is 1. The molecule has 2 aliphatic rings. The molecule has 194 valence electrons. The fourth-order valence-corrected chi connectivity index (χ4v) is 5.07. The Morgan fingerprint density at radius 3 is 2.65 bits per heavy atom. The predicted octanol–water partition coefficient (Wildman–Crippen LogP) is 5.46. The van der Waals surface area contributed by atoms with Crippen LogP contribution in [0.5, 0.6) is 11.5 Å². The molecule has 1 aliphatic carbocycles. The van der Waals surface area contributed by atoms with Crippen LogP contribution < -0.4 is 14.8 Å². The van der Waals surface area contributed by atoms with Gasteiger partial charge in [-0.1, -0.05) is 42.8 Å². The second-order valence-corrected chi connectivity index (χ2v) is 9.48. The average Bonchev–Trinajstić information content (AvgIpc) is 3.38. The van der Waals surface area contributed by atoms with Gasteiger partial charge in [-0.2, -0.15) is 10.1 Å². The molecule has 0 saturated heterocycles. The summed E-state index contributed by atoms with van der Waals surface area (Å²) in [7, 11) is 0. The third-order valence-corrected chi connectivity index (χ3v) is 6.91. The van der Waals surface area contributed by atoms with Crippen molar-refractivity contribution in [3.8, 4) is 11.5 Å². The molecule has 3 aromatic rings. The van der Waals surface area contributed by atoms with E-state index in [1.807, 2.05) is 50.2 Å². The number of benzene rings is 2. The first-order valence-corrected chi connectivity index (χ1v) is 13.2. The third kappa shape index (κ3) is 5.63. The lowest BCUT2D eigenvalue weighted by atomic mass is 9.94. The van der Waals surface area contributed by atoms with Gasteiger partial charge in [0.05, 0.1) is 18.8 Å². The summed E-state index contributed by atoms with van der Waals surface area (Å²) in [4.78, 5) is 17.8. The first-order chi connectivity index (χ1) is 18.1. The normalized spacial score (nSPS) is 17.6. The SMILES string of the molecule is CCOc1cc(C2C(C(=O)OC3CCCCC3)=C(C)Nc3ncnn32)ccc1OCCc1ccccc1. The van der Waals surface area contributed by atoms with Gasteiger partial charge < -0.3 is 19.5 Å². The summed E-state index contributed by atoms with van der Waals surface area (Å²) >= 11 is 0. The molecule has 8 nitrogen and oxygen atoms in total. The monoisotopic (exact) mass is 502 g/mol. The minimum atomic E-state index is -0.493. The van der Waals surface area contributed by atoms with E-state index < -0.39 is 6.04 Å². The van der Waals surface area contributed by atoms with Crippen LogP contribution in [0.4, 0.5) is 5.95 Å². The fourth-order valence-electron chi connectivity index (χ4n) is 5.07. The molecule has 5 rings (SSSR count). The van der Waals surface area contributed by atoms with Crippen LogP contribution in [-0.4, -0.2) is 40.1 Å². The van der Waals surface area contributed by atoms with E-state index in [1.54, 1.807) is 4.68 Å². The van der Waals surface area contributed by atoms with E-state index >= 15 is 0 Å². The molecule has 8 heteroatoms. The van der Waals surface area contributed by atoms with Gasteiger partial charge in [-0.05, 0) is 62.8 Å². The van der Waals surface area contributed by atoms with Crippen molar-refractivity contribution in [1.82, 2.24) is 14.8 Å². The van der Waals surface area contributed by atoms with Gasteiger partial charge in [0.1, 0.15) is 18.5 Å². The van der Waals surface area contributed by atoms with Crippen LogP contribution in [0.3, 0.4) is 0 Å². The number of carbonyl (C=O) groups is 1. The molecular formula is C29H34N4O4. The smallest absolute Gasteiger partial charge is 0.338 e. The first-order valence-electron chi connectivity index (χ1n) is 13.2. The van der Waals surface area contributed by atoms with Gasteiger partial charge in [0, 0.05) is 12.1 Å². The van der Waals surface area contributed by atoms with Crippen LogP contribution in [0, 0.1) is 0 Å². The highest BCUT2D eigenvalue weighted by Crippen LogP contribution is 2.39. The summed E-state index contributed by atoms with van der Waals surface area (Å²) in [5.41, 5.74) is 3.31. The zero-order chi connectivity index (χ0) is 25.6. The number of anilines is 1. The molecule has 37 heavy (non-hydrogen) atoms. The molecule has 1 aliphatic heterocycles. The molecule has 0 radical (unpaired) electrons. The maximum Gasteiger partial charge on any atom is 0.338 e. The number of hydrogen-bond acceptors (Lipinski definition) is 7. The lowest BCUT2D eigenvalue weighted by molar-refractivity contribution is -0.146. The zero-order valence-electron chi connectivity index (χ0n) is 21.5. The van der Waals surface area contributed by atoms with Crippen LogP contribution >= 0.6 is 0 Å². The number of ether oxygens (including phenoxy) is 3. The third-order valence-electron chi connectivity index (χ3n) is 6.91. The van der Waals surface area contributed by atoms with Gasteiger partial charge >= 0.3 is 5.97 Å². The molecule has 1 unspecified atom stereocenters. The van der Waals surface area contributed by atoms with Gasteiger partial charge in [0.25, 0.3) is 0 Å². The van der Waals surface area contributed by atoms with E-state index in [1.165, 1.54) is 18.3 Å². The van der Waals surface area contributed by atoms with E-state index in [0.717, 1.165) is 37.7 Å². The Morgan fingerprint density at radius 1 is 1.05 bits per heavy atom. The number of aromatic nitrogens is 3. The van der Waals surface area contributed by atoms with Crippen molar-refractivity contribution in [3.05, 3.63) is 77.3 Å². The van der Waals surface area contributed by atoms with Crippen LogP contribution in [0.15, 0.2) is 66.1 Å². The number of esters is 1. The molecule has 1 N–H and O–H groups in total. The van der Waals surface area contributed by atoms with Gasteiger partial charge in [-0.25, -0.2) is 9.48 Å². The number of nitrogens with one attached hydrogen (secondary N) is 1. The van der Waals surface area contributed by atoms with E-state index in [-0.39, 0.29) is 12.1 Å². The summed E-state index contributed by atoms with van der Waals surface area (Å²) in [6.45, 7) is 4.84. The van der Waals surface area contributed by atoms with Crippen LogP contribution in [0.1, 0.15) is 63.1 Å². The minimum absolute atomic E-state index is 0.0429. The summed E-state index contributed by atoms with van der Waals surface area (Å²) in [6, 6.07) is 15.5. The lowest BCUT2D eigenvalue weighted by Crippen LogP contribution is -2.32. The Bertz CT molecular complexity index is 1250. The van der Waals surface area contributed by atoms with Crippen LogP contribution in [0.2, 0.25) is 0 Å². The van der Waals surface area contributed by atoms with Gasteiger partial charge in [-0.3, -0.25) is 0 Å². The van der Waals surface area contributed by atoms with Crippen LogP contribution in [0.25, 0.3) is 0 Å². The maximum atomic E-state index is 13.5. The molecule has 0 spiro atoms. The van der Waals surface area contributed by atoms with Crippen LogP contribution in [-0.2, 0) is 16.0 Å². The van der Waals surface area contributed by atoms with Crippen molar-refractivity contribution in [3.63, 3.8) is 0 Å². The number of carbonyl (C=O) groups excluding carboxylic acids is 1. The predicted molar refractivity (Wildman–Crippen MR) is 141 cm³/mol. The maximum absolute atomic E-state index is 13.5. The fraction of sp³-hybridized carbons (Fsp3) is 0.414.